The van der Waals surface area contributed by atoms with Gasteiger partial charge >= 0.3 is 0 Å². The Bertz CT molecular complexity index is 906. The third-order valence-corrected chi connectivity index (χ3v) is 5.06. The lowest BCUT2D eigenvalue weighted by Gasteiger charge is -2.37. The van der Waals surface area contributed by atoms with Crippen LogP contribution in [0.2, 0.25) is 0 Å². The van der Waals surface area contributed by atoms with E-state index in [1.807, 2.05) is 29.2 Å². The molecular formula is C23H26FN3O3. The van der Waals surface area contributed by atoms with Crippen molar-refractivity contribution in [2.45, 2.75) is 13.0 Å². The van der Waals surface area contributed by atoms with Gasteiger partial charge in [0, 0.05) is 32.3 Å². The van der Waals surface area contributed by atoms with E-state index in [-0.39, 0.29) is 17.6 Å². The molecule has 30 heavy (non-hydrogen) atoms. The van der Waals surface area contributed by atoms with Gasteiger partial charge < -0.3 is 19.9 Å². The summed E-state index contributed by atoms with van der Waals surface area (Å²) in [6.07, 6.45) is 3.08. The Kier molecular flexibility index (Phi) is 7.06. The van der Waals surface area contributed by atoms with Crippen molar-refractivity contribution in [1.82, 2.24) is 10.2 Å². The van der Waals surface area contributed by atoms with Gasteiger partial charge in [0.2, 0.25) is 11.8 Å². The molecule has 1 saturated heterocycles. The summed E-state index contributed by atoms with van der Waals surface area (Å²) in [6, 6.07) is 13.3. The molecule has 1 fully saturated rings. The van der Waals surface area contributed by atoms with Gasteiger partial charge in [0.1, 0.15) is 17.6 Å². The topological polar surface area (TPSA) is 61.9 Å². The van der Waals surface area contributed by atoms with Crippen LogP contribution in [0.1, 0.15) is 12.5 Å². The highest BCUT2D eigenvalue weighted by molar-refractivity contribution is 5.95. The number of piperazine rings is 1. The maximum atomic E-state index is 14.0. The Morgan fingerprint density at radius 2 is 1.73 bits per heavy atom. The minimum atomic E-state index is -0.641. The molecule has 6 nitrogen and oxygen atoms in total. The first-order chi connectivity index (χ1) is 14.5. The number of nitrogens with one attached hydrogen (secondary N) is 1. The molecular weight excluding hydrogens is 385 g/mol. The second-order valence-electron chi connectivity index (χ2n) is 7.10. The predicted molar refractivity (Wildman–Crippen MR) is 115 cm³/mol. The van der Waals surface area contributed by atoms with Crippen molar-refractivity contribution in [3.63, 3.8) is 0 Å². The van der Waals surface area contributed by atoms with E-state index in [9.17, 15) is 14.0 Å². The van der Waals surface area contributed by atoms with Crippen molar-refractivity contribution in [3.8, 4) is 5.75 Å². The Hall–Kier alpha value is -3.35. The molecule has 0 saturated carbocycles. The second-order valence-corrected chi connectivity index (χ2v) is 7.10. The van der Waals surface area contributed by atoms with Gasteiger partial charge in [0.15, 0.2) is 0 Å². The second kappa shape index (κ2) is 9.91. The largest absolute Gasteiger partial charge is 0.497 e. The zero-order valence-electron chi connectivity index (χ0n) is 17.2. The van der Waals surface area contributed by atoms with Crippen LogP contribution in [0.25, 0.3) is 6.08 Å². The number of hydrogen-bond acceptors (Lipinski definition) is 4. The first-order valence-electron chi connectivity index (χ1n) is 9.89. The molecule has 0 radical (unpaired) electrons. The number of benzene rings is 2. The third-order valence-electron chi connectivity index (χ3n) is 5.06. The molecule has 1 heterocycles. The highest BCUT2D eigenvalue weighted by atomic mass is 19.1. The molecule has 1 atom stereocenters. The first kappa shape index (κ1) is 21.4. The van der Waals surface area contributed by atoms with E-state index in [0.29, 0.717) is 31.9 Å². The molecule has 1 N–H and O–H groups in total. The van der Waals surface area contributed by atoms with Crippen molar-refractivity contribution in [3.05, 3.63) is 66.0 Å². The van der Waals surface area contributed by atoms with E-state index < -0.39 is 6.04 Å². The zero-order valence-corrected chi connectivity index (χ0v) is 17.2. The lowest BCUT2D eigenvalue weighted by Crippen LogP contribution is -2.54. The van der Waals surface area contributed by atoms with Gasteiger partial charge in [-0.25, -0.2) is 4.39 Å². The van der Waals surface area contributed by atoms with Gasteiger partial charge in [-0.1, -0.05) is 24.3 Å². The zero-order chi connectivity index (χ0) is 21.5. The fourth-order valence-corrected chi connectivity index (χ4v) is 3.36. The van der Waals surface area contributed by atoms with Gasteiger partial charge in [-0.05, 0) is 42.8 Å². The van der Waals surface area contributed by atoms with Crippen molar-refractivity contribution in [2.75, 3.05) is 38.2 Å². The Balaban J connectivity index is 1.49. The van der Waals surface area contributed by atoms with Crippen molar-refractivity contribution in [1.29, 1.82) is 0 Å². The number of carbonyl (C=O) groups excluding carboxylic acids is 2. The lowest BCUT2D eigenvalue weighted by molar-refractivity contribution is -0.135. The summed E-state index contributed by atoms with van der Waals surface area (Å²) in [5.74, 6) is -0.00137. The summed E-state index contributed by atoms with van der Waals surface area (Å²) >= 11 is 0. The summed E-state index contributed by atoms with van der Waals surface area (Å²) in [6.45, 7) is 3.73. The molecule has 0 aromatic heterocycles. The number of anilines is 1. The summed E-state index contributed by atoms with van der Waals surface area (Å²) in [4.78, 5) is 28.5. The summed E-state index contributed by atoms with van der Waals surface area (Å²) < 4.78 is 19.1. The average Bonchev–Trinajstić information content (AvgIpc) is 2.78. The molecule has 1 unspecified atom stereocenters. The maximum absolute atomic E-state index is 14.0. The molecule has 3 rings (SSSR count). The van der Waals surface area contributed by atoms with Crippen LogP contribution in [-0.4, -0.2) is 56.0 Å². The standard InChI is InChI=1S/C23H26FN3O3/c1-17(25-22(28)12-9-18-7-10-19(30-2)11-8-18)23(29)27-15-13-26(14-16-27)21-6-4-3-5-20(21)24/h3-12,17H,13-16H2,1-2H3,(H,25,28)/b12-9+. The van der Waals surface area contributed by atoms with Crippen LogP contribution in [0.15, 0.2) is 54.6 Å². The van der Waals surface area contributed by atoms with Crippen LogP contribution in [0, 0.1) is 5.82 Å². The maximum Gasteiger partial charge on any atom is 0.244 e. The van der Waals surface area contributed by atoms with Crippen LogP contribution in [0.3, 0.4) is 0 Å². The Morgan fingerprint density at radius 1 is 1.07 bits per heavy atom. The smallest absolute Gasteiger partial charge is 0.244 e. The van der Waals surface area contributed by atoms with Crippen LogP contribution < -0.4 is 15.0 Å². The number of ether oxygens (including phenoxy) is 1. The lowest BCUT2D eigenvalue weighted by atomic mass is 10.2. The van der Waals surface area contributed by atoms with Gasteiger partial charge in [-0.15, -0.1) is 0 Å². The molecule has 0 spiro atoms. The van der Waals surface area contributed by atoms with Crippen LogP contribution in [0.5, 0.6) is 5.75 Å². The molecule has 2 aromatic carbocycles. The fraction of sp³-hybridized carbons (Fsp3) is 0.304. The van der Waals surface area contributed by atoms with E-state index in [1.165, 1.54) is 12.1 Å². The van der Waals surface area contributed by atoms with E-state index in [2.05, 4.69) is 5.32 Å². The normalized spacial score (nSPS) is 15.2. The molecule has 0 aliphatic carbocycles. The quantitative estimate of drug-likeness (QED) is 0.743. The van der Waals surface area contributed by atoms with Crippen LogP contribution >= 0.6 is 0 Å². The minimum absolute atomic E-state index is 0.144. The predicted octanol–water partition coefficient (Wildman–Crippen LogP) is 2.70. The van der Waals surface area contributed by atoms with Gasteiger partial charge in [0.05, 0.1) is 12.8 Å². The van der Waals surface area contributed by atoms with E-state index in [4.69, 9.17) is 4.74 Å². The average molecular weight is 411 g/mol. The van der Waals surface area contributed by atoms with Crippen molar-refractivity contribution in [2.24, 2.45) is 0 Å². The summed E-state index contributed by atoms with van der Waals surface area (Å²) in [5, 5.41) is 2.71. The fourth-order valence-electron chi connectivity index (χ4n) is 3.36. The molecule has 1 aliphatic heterocycles. The number of nitrogens with zero attached hydrogens (tertiary/aromatic N) is 2. The molecule has 1 aliphatic rings. The van der Waals surface area contributed by atoms with Crippen molar-refractivity contribution < 1.29 is 18.7 Å². The number of rotatable bonds is 6. The molecule has 7 heteroatoms. The number of para-hydroxylation sites is 1. The van der Waals surface area contributed by atoms with E-state index in [1.54, 1.807) is 43.2 Å². The van der Waals surface area contributed by atoms with Gasteiger partial charge in [0.25, 0.3) is 0 Å². The molecule has 2 aromatic rings. The van der Waals surface area contributed by atoms with Crippen LogP contribution in [0.4, 0.5) is 10.1 Å². The minimum Gasteiger partial charge on any atom is -0.497 e. The van der Waals surface area contributed by atoms with Crippen molar-refractivity contribution >= 4 is 23.6 Å². The number of hydrogen-bond donors (Lipinski definition) is 1. The van der Waals surface area contributed by atoms with Gasteiger partial charge in [-0.2, -0.15) is 0 Å². The van der Waals surface area contributed by atoms with Crippen LogP contribution in [-0.2, 0) is 9.59 Å². The molecule has 0 bridgehead atoms. The van der Waals surface area contributed by atoms with Gasteiger partial charge in [-0.3, -0.25) is 9.59 Å². The SMILES string of the molecule is COc1ccc(/C=C/C(=O)NC(C)C(=O)N2CCN(c3ccccc3F)CC2)cc1. The Labute approximate surface area is 175 Å². The van der Waals surface area contributed by atoms with E-state index >= 15 is 0 Å². The Morgan fingerprint density at radius 3 is 2.37 bits per heavy atom. The van der Waals surface area contributed by atoms with E-state index in [0.717, 1.165) is 11.3 Å². The number of amides is 2. The molecule has 2 amide bonds. The number of halogens is 1. The third kappa shape index (κ3) is 5.37. The summed E-state index contributed by atoms with van der Waals surface area (Å²) in [5.41, 5.74) is 1.41. The first-order valence-corrected chi connectivity index (χ1v) is 9.89. The molecule has 158 valence electrons. The number of carbonyl (C=O) groups is 2. The monoisotopic (exact) mass is 411 g/mol. The highest BCUT2D eigenvalue weighted by Crippen LogP contribution is 2.20. The number of methoxy groups -OCH3 is 1. The summed E-state index contributed by atoms with van der Waals surface area (Å²) in [7, 11) is 1.59. The highest BCUT2D eigenvalue weighted by Gasteiger charge is 2.26.